The molecule has 0 heterocycles. The Morgan fingerprint density at radius 3 is 2.50 bits per heavy atom. The van der Waals surface area contributed by atoms with E-state index in [0.29, 0.717) is 6.54 Å². The third-order valence-electron chi connectivity index (χ3n) is 0.780. The van der Waals surface area contributed by atoms with Gasteiger partial charge in [-0.05, 0) is 6.92 Å². The molecular formula is C6H11NO2S. The predicted molar refractivity (Wildman–Crippen MR) is 41.8 cm³/mol. The Kier molecular flexibility index (Phi) is 5.02. The summed E-state index contributed by atoms with van der Waals surface area (Å²) in [6, 6.07) is 0. The zero-order valence-corrected chi connectivity index (χ0v) is 6.96. The van der Waals surface area contributed by atoms with Crippen LogP contribution in [-0.2, 0) is 9.59 Å². The van der Waals surface area contributed by atoms with Crippen molar-refractivity contribution in [3.8, 4) is 0 Å². The highest BCUT2D eigenvalue weighted by Crippen LogP contribution is 1.98. The Morgan fingerprint density at radius 1 is 1.50 bits per heavy atom. The lowest BCUT2D eigenvalue weighted by molar-refractivity contribution is -0.118. The predicted octanol–water partition coefficient (Wildman–Crippen LogP) is 0.402. The lowest BCUT2D eigenvalue weighted by Gasteiger charge is -1.97. The fourth-order valence-corrected chi connectivity index (χ4v) is 0.852. The van der Waals surface area contributed by atoms with Crippen LogP contribution in [0.3, 0.4) is 0 Å². The minimum atomic E-state index is -0.0808. The van der Waals surface area contributed by atoms with E-state index in [4.69, 9.17) is 0 Å². The van der Waals surface area contributed by atoms with Gasteiger partial charge < -0.3 is 5.32 Å². The second kappa shape index (κ2) is 5.29. The first kappa shape index (κ1) is 9.49. The molecule has 0 rings (SSSR count). The van der Waals surface area contributed by atoms with Crippen LogP contribution in [0.4, 0.5) is 0 Å². The number of thioether (sulfide) groups is 1. The van der Waals surface area contributed by atoms with Crippen LogP contribution in [0.2, 0.25) is 0 Å². The van der Waals surface area contributed by atoms with Gasteiger partial charge in [-0.3, -0.25) is 9.59 Å². The van der Waals surface area contributed by atoms with Gasteiger partial charge >= 0.3 is 0 Å². The van der Waals surface area contributed by atoms with Crippen LogP contribution in [-0.4, -0.2) is 23.3 Å². The van der Waals surface area contributed by atoms with Gasteiger partial charge in [0.1, 0.15) is 0 Å². The molecule has 0 radical (unpaired) electrons. The topological polar surface area (TPSA) is 46.2 Å². The molecule has 0 bridgehead atoms. The molecule has 0 saturated heterocycles. The summed E-state index contributed by atoms with van der Waals surface area (Å²) in [4.78, 5) is 21.0. The fraction of sp³-hybridized carbons (Fsp3) is 0.667. The van der Waals surface area contributed by atoms with Gasteiger partial charge in [0.2, 0.25) is 5.91 Å². The van der Waals surface area contributed by atoms with Crippen molar-refractivity contribution < 1.29 is 9.59 Å². The van der Waals surface area contributed by atoms with E-state index in [2.05, 4.69) is 5.32 Å². The summed E-state index contributed by atoms with van der Waals surface area (Å²) in [7, 11) is 0. The zero-order chi connectivity index (χ0) is 7.98. The van der Waals surface area contributed by atoms with Crippen LogP contribution in [0.5, 0.6) is 0 Å². The Morgan fingerprint density at radius 2 is 2.10 bits per heavy atom. The first-order valence-electron chi connectivity index (χ1n) is 3.07. The van der Waals surface area contributed by atoms with E-state index in [1.165, 1.54) is 6.92 Å². The molecule has 10 heavy (non-hydrogen) atoms. The molecule has 0 aliphatic heterocycles. The molecule has 0 aromatic rings. The first-order chi connectivity index (χ1) is 4.66. The minimum absolute atomic E-state index is 0.0220. The molecule has 0 aliphatic rings. The van der Waals surface area contributed by atoms with Gasteiger partial charge in [0.15, 0.2) is 5.12 Å². The van der Waals surface area contributed by atoms with Crippen molar-refractivity contribution in [1.29, 1.82) is 0 Å². The molecule has 0 aliphatic carbocycles. The third-order valence-corrected chi connectivity index (χ3v) is 1.59. The van der Waals surface area contributed by atoms with E-state index >= 15 is 0 Å². The largest absolute Gasteiger partial charge is 0.356 e. The lowest BCUT2D eigenvalue weighted by atomic mass is 10.6. The van der Waals surface area contributed by atoms with Gasteiger partial charge in [-0.15, -0.1) is 0 Å². The van der Waals surface area contributed by atoms with Gasteiger partial charge in [0, 0.05) is 13.5 Å². The first-order valence-corrected chi connectivity index (χ1v) is 4.05. The second-order valence-electron chi connectivity index (χ2n) is 1.73. The van der Waals surface area contributed by atoms with Crippen LogP contribution in [0.15, 0.2) is 0 Å². The van der Waals surface area contributed by atoms with Gasteiger partial charge in [-0.1, -0.05) is 11.8 Å². The smallest absolute Gasteiger partial charge is 0.230 e. The summed E-state index contributed by atoms with van der Waals surface area (Å²) in [6.07, 6.45) is 0. The van der Waals surface area contributed by atoms with E-state index in [1.54, 1.807) is 0 Å². The van der Waals surface area contributed by atoms with Crippen molar-refractivity contribution in [2.45, 2.75) is 13.8 Å². The summed E-state index contributed by atoms with van der Waals surface area (Å²) >= 11 is 1.03. The van der Waals surface area contributed by atoms with Crippen molar-refractivity contribution >= 4 is 22.8 Å². The number of nitrogens with one attached hydrogen (secondary N) is 1. The van der Waals surface area contributed by atoms with E-state index in [0.717, 1.165) is 11.8 Å². The highest BCUT2D eigenvalue weighted by molar-refractivity contribution is 8.14. The Balaban J connectivity index is 3.30. The Labute approximate surface area is 64.6 Å². The van der Waals surface area contributed by atoms with E-state index in [1.807, 2.05) is 6.92 Å². The number of carbonyl (C=O) groups is 2. The molecule has 0 aromatic heterocycles. The number of hydrogen-bond acceptors (Lipinski definition) is 3. The number of rotatable bonds is 3. The van der Waals surface area contributed by atoms with Crippen LogP contribution < -0.4 is 5.32 Å². The standard InChI is InChI=1S/C6H11NO2S/c1-3-7-6(9)4-10-5(2)8/h3-4H2,1-2H3,(H,7,9). The quantitative estimate of drug-likeness (QED) is 0.651. The molecule has 0 unspecified atom stereocenters. The van der Waals surface area contributed by atoms with Gasteiger partial charge in [-0.25, -0.2) is 0 Å². The summed E-state index contributed by atoms with van der Waals surface area (Å²) in [5, 5.41) is 2.57. The maximum absolute atomic E-state index is 10.7. The number of amides is 1. The summed E-state index contributed by atoms with van der Waals surface area (Å²) in [6.45, 7) is 3.91. The van der Waals surface area contributed by atoms with Gasteiger partial charge in [-0.2, -0.15) is 0 Å². The van der Waals surface area contributed by atoms with Crippen molar-refractivity contribution in [3.63, 3.8) is 0 Å². The summed E-state index contributed by atoms with van der Waals surface area (Å²) < 4.78 is 0. The van der Waals surface area contributed by atoms with Crippen LogP contribution >= 0.6 is 11.8 Å². The molecule has 58 valence electrons. The van der Waals surface area contributed by atoms with Crippen LogP contribution in [0, 0.1) is 0 Å². The average Bonchev–Trinajstić information content (AvgIpc) is 1.85. The summed E-state index contributed by atoms with van der Waals surface area (Å²) in [5.74, 6) is 0.158. The molecule has 0 fully saturated rings. The minimum Gasteiger partial charge on any atom is -0.356 e. The Hall–Kier alpha value is -0.510. The monoisotopic (exact) mass is 161 g/mol. The highest BCUT2D eigenvalue weighted by atomic mass is 32.2. The highest BCUT2D eigenvalue weighted by Gasteiger charge is 2.00. The zero-order valence-electron chi connectivity index (χ0n) is 6.14. The maximum Gasteiger partial charge on any atom is 0.230 e. The lowest BCUT2D eigenvalue weighted by Crippen LogP contribution is -2.24. The molecule has 4 heteroatoms. The number of hydrogen-bond donors (Lipinski definition) is 1. The SMILES string of the molecule is CCNC(=O)CSC(C)=O. The van der Waals surface area contributed by atoms with Gasteiger partial charge in [0.05, 0.1) is 5.75 Å². The van der Waals surface area contributed by atoms with Crippen LogP contribution in [0.1, 0.15) is 13.8 Å². The average molecular weight is 161 g/mol. The second-order valence-corrected chi connectivity index (χ2v) is 2.89. The summed E-state index contributed by atoms with van der Waals surface area (Å²) in [5.41, 5.74) is 0. The molecule has 0 spiro atoms. The van der Waals surface area contributed by atoms with E-state index in [9.17, 15) is 9.59 Å². The normalized spacial score (nSPS) is 9.00. The van der Waals surface area contributed by atoms with E-state index < -0.39 is 0 Å². The van der Waals surface area contributed by atoms with Gasteiger partial charge in [0.25, 0.3) is 0 Å². The molecule has 0 atom stereocenters. The molecule has 0 aromatic carbocycles. The Bertz CT molecular complexity index is 136. The fourth-order valence-electron chi connectivity index (χ4n) is 0.415. The molecule has 1 N–H and O–H groups in total. The molecule has 3 nitrogen and oxygen atoms in total. The maximum atomic E-state index is 10.7. The van der Waals surface area contributed by atoms with E-state index in [-0.39, 0.29) is 16.8 Å². The third kappa shape index (κ3) is 5.62. The van der Waals surface area contributed by atoms with Crippen molar-refractivity contribution in [3.05, 3.63) is 0 Å². The van der Waals surface area contributed by atoms with Crippen molar-refractivity contribution in [2.24, 2.45) is 0 Å². The van der Waals surface area contributed by atoms with Crippen molar-refractivity contribution in [1.82, 2.24) is 5.32 Å². The number of carbonyl (C=O) groups excluding carboxylic acids is 2. The molecule has 1 amide bonds. The van der Waals surface area contributed by atoms with Crippen molar-refractivity contribution in [2.75, 3.05) is 12.3 Å². The van der Waals surface area contributed by atoms with Crippen LogP contribution in [0.25, 0.3) is 0 Å². The molecule has 0 saturated carbocycles. The molecular weight excluding hydrogens is 150 g/mol.